The third-order valence-corrected chi connectivity index (χ3v) is 6.32. The van der Waals surface area contributed by atoms with Gasteiger partial charge in [0.05, 0.1) is 41.8 Å². The van der Waals surface area contributed by atoms with Crippen LogP contribution in [-0.2, 0) is 17.8 Å². The Kier molecular flexibility index (Phi) is 5.47. The molecule has 5 heterocycles. The summed E-state index contributed by atoms with van der Waals surface area (Å²) in [5.74, 6) is 1.20. The Balaban J connectivity index is 1.13. The molecule has 1 amide bonds. The second-order valence-electron chi connectivity index (χ2n) is 8.73. The smallest absolute Gasteiger partial charge is 0.231 e. The predicted molar refractivity (Wildman–Crippen MR) is 134 cm³/mol. The molecule has 6 rings (SSSR count). The van der Waals surface area contributed by atoms with Gasteiger partial charge in [-0.15, -0.1) is 0 Å². The molecular formula is C25H20ClN9O. The second kappa shape index (κ2) is 8.94. The van der Waals surface area contributed by atoms with Crippen molar-refractivity contribution < 1.29 is 4.79 Å². The maximum atomic E-state index is 12.6. The van der Waals surface area contributed by atoms with E-state index in [0.717, 1.165) is 11.2 Å². The number of carbonyl (C=O) groups is 1. The summed E-state index contributed by atoms with van der Waals surface area (Å²) >= 11 is 6.08. The first-order valence-corrected chi connectivity index (χ1v) is 11.8. The van der Waals surface area contributed by atoms with E-state index >= 15 is 0 Å². The van der Waals surface area contributed by atoms with Gasteiger partial charge >= 0.3 is 0 Å². The summed E-state index contributed by atoms with van der Waals surface area (Å²) in [5, 5.41) is 16.1. The van der Waals surface area contributed by atoms with Crippen molar-refractivity contribution in [2.75, 3.05) is 10.6 Å². The lowest BCUT2D eigenvalue weighted by Gasteiger charge is -2.07. The number of carbonyl (C=O) groups excluding carboxylic acids is 1. The molecule has 0 bridgehead atoms. The van der Waals surface area contributed by atoms with Crippen LogP contribution >= 0.6 is 11.6 Å². The molecule has 1 fully saturated rings. The molecule has 0 aliphatic heterocycles. The number of hydrogen-bond acceptors (Lipinski definition) is 7. The maximum Gasteiger partial charge on any atom is 0.231 e. The van der Waals surface area contributed by atoms with E-state index in [1.165, 1.54) is 24.7 Å². The number of halogens is 1. The van der Waals surface area contributed by atoms with Gasteiger partial charge in [-0.05, 0) is 42.5 Å². The van der Waals surface area contributed by atoms with Crippen LogP contribution in [0.4, 0.5) is 11.6 Å². The van der Waals surface area contributed by atoms with E-state index in [2.05, 4.69) is 42.8 Å². The molecule has 0 radical (unpaired) electrons. The summed E-state index contributed by atoms with van der Waals surface area (Å²) in [7, 11) is 0. The zero-order valence-electron chi connectivity index (χ0n) is 19.0. The molecule has 1 aliphatic rings. The highest BCUT2D eigenvalue weighted by molar-refractivity contribution is 6.30. The van der Waals surface area contributed by atoms with Gasteiger partial charge < -0.3 is 19.4 Å². The van der Waals surface area contributed by atoms with E-state index in [9.17, 15) is 10.1 Å². The Morgan fingerprint density at radius 3 is 2.83 bits per heavy atom. The predicted octanol–water partition coefficient (Wildman–Crippen LogP) is 3.97. The molecule has 0 spiro atoms. The van der Waals surface area contributed by atoms with Crippen molar-refractivity contribution >= 4 is 40.3 Å². The van der Waals surface area contributed by atoms with Crippen LogP contribution in [0, 0.1) is 11.3 Å². The summed E-state index contributed by atoms with van der Waals surface area (Å²) < 4.78 is 3.73. The molecule has 178 valence electrons. The average Bonchev–Trinajstić information content (AvgIpc) is 3.54. The Labute approximate surface area is 210 Å². The summed E-state index contributed by atoms with van der Waals surface area (Å²) in [6, 6.07) is 9.39. The second-order valence-corrected chi connectivity index (χ2v) is 9.17. The first kappa shape index (κ1) is 22.0. The summed E-state index contributed by atoms with van der Waals surface area (Å²) in [6.07, 6.45) is 11.2. The van der Waals surface area contributed by atoms with Crippen LogP contribution in [0.1, 0.15) is 41.3 Å². The van der Waals surface area contributed by atoms with E-state index in [-0.39, 0.29) is 12.3 Å². The molecule has 5 aromatic heterocycles. The Morgan fingerprint density at radius 2 is 2.00 bits per heavy atom. The minimum atomic E-state index is -0.254. The third-order valence-electron chi connectivity index (χ3n) is 6.09. The zero-order chi connectivity index (χ0) is 24.6. The van der Waals surface area contributed by atoms with Gasteiger partial charge in [-0.3, -0.25) is 4.79 Å². The van der Waals surface area contributed by atoms with Crippen molar-refractivity contribution in [3.8, 4) is 6.07 Å². The lowest BCUT2D eigenvalue weighted by atomic mass is 10.1. The fraction of sp³-hybridized carbons (Fsp3) is 0.200. The number of imidazole rings is 2. The Hall–Kier alpha value is -4.49. The number of anilines is 2. The van der Waals surface area contributed by atoms with Gasteiger partial charge in [-0.1, -0.05) is 11.6 Å². The molecular weight excluding hydrogens is 478 g/mol. The van der Waals surface area contributed by atoms with Gasteiger partial charge in [0.25, 0.3) is 0 Å². The molecule has 0 saturated heterocycles. The van der Waals surface area contributed by atoms with Gasteiger partial charge in [-0.25, -0.2) is 19.9 Å². The molecule has 11 heteroatoms. The minimum absolute atomic E-state index is 0.0783. The fourth-order valence-corrected chi connectivity index (χ4v) is 4.33. The number of hydrogen-bond donors (Lipinski definition) is 2. The largest absolute Gasteiger partial charge is 0.364 e. The Bertz CT molecular complexity index is 1660. The topological polar surface area (TPSA) is 125 Å². The number of nitrogens with zero attached hydrogens (tertiary/aromatic N) is 7. The van der Waals surface area contributed by atoms with Crippen molar-refractivity contribution in [3.05, 3.63) is 83.0 Å². The number of fused-ring (bicyclic) bond motifs is 2. The van der Waals surface area contributed by atoms with Crippen LogP contribution in [0.2, 0.25) is 5.02 Å². The molecule has 1 saturated carbocycles. The highest BCUT2D eigenvalue weighted by Gasteiger charge is 2.25. The number of rotatable bonds is 7. The first-order chi connectivity index (χ1) is 17.6. The molecule has 0 aromatic carbocycles. The highest BCUT2D eigenvalue weighted by atomic mass is 35.5. The van der Waals surface area contributed by atoms with Crippen molar-refractivity contribution in [1.29, 1.82) is 5.26 Å². The number of pyridine rings is 2. The van der Waals surface area contributed by atoms with Crippen LogP contribution in [0.5, 0.6) is 0 Å². The van der Waals surface area contributed by atoms with Crippen molar-refractivity contribution in [1.82, 2.24) is 28.7 Å². The number of aromatic nitrogens is 6. The van der Waals surface area contributed by atoms with Crippen molar-refractivity contribution in [3.63, 3.8) is 0 Å². The lowest BCUT2D eigenvalue weighted by Crippen LogP contribution is -2.16. The van der Waals surface area contributed by atoms with Gasteiger partial charge in [0.1, 0.15) is 24.0 Å². The molecule has 36 heavy (non-hydrogen) atoms. The Morgan fingerprint density at radius 1 is 1.14 bits per heavy atom. The zero-order valence-corrected chi connectivity index (χ0v) is 19.8. The maximum absolute atomic E-state index is 12.6. The number of nitriles is 1. The van der Waals surface area contributed by atoms with E-state index < -0.39 is 0 Å². The molecule has 10 nitrogen and oxygen atoms in total. The number of amides is 1. The normalized spacial score (nSPS) is 13.1. The van der Waals surface area contributed by atoms with Gasteiger partial charge in [0.2, 0.25) is 5.91 Å². The van der Waals surface area contributed by atoms with Gasteiger partial charge in [0.15, 0.2) is 5.65 Å². The van der Waals surface area contributed by atoms with Crippen LogP contribution in [0.15, 0.2) is 55.5 Å². The molecule has 1 aliphatic carbocycles. The van der Waals surface area contributed by atoms with Crippen LogP contribution in [0.25, 0.3) is 11.2 Å². The molecule has 2 N–H and O–H groups in total. The molecule has 5 aromatic rings. The SMILES string of the molecule is N#Cc1cc(C2CC2)cn2cc(CNc3cc(NC(=O)Cc4ncn5ccc(Cl)cc45)ncn3)nc12. The van der Waals surface area contributed by atoms with Crippen molar-refractivity contribution in [2.45, 2.75) is 31.7 Å². The summed E-state index contributed by atoms with van der Waals surface area (Å²) in [4.78, 5) is 29.9. The van der Waals surface area contributed by atoms with E-state index in [1.54, 1.807) is 30.7 Å². The molecule has 0 unspecified atom stereocenters. The van der Waals surface area contributed by atoms with Crippen molar-refractivity contribution in [2.24, 2.45) is 0 Å². The average molecular weight is 498 g/mol. The van der Waals surface area contributed by atoms with Crippen LogP contribution < -0.4 is 10.6 Å². The minimum Gasteiger partial charge on any atom is -0.364 e. The van der Waals surface area contributed by atoms with Gasteiger partial charge in [-0.2, -0.15) is 5.26 Å². The summed E-state index contributed by atoms with van der Waals surface area (Å²) in [6.45, 7) is 0.400. The van der Waals surface area contributed by atoms with Crippen LogP contribution in [0.3, 0.4) is 0 Å². The third kappa shape index (κ3) is 4.44. The highest BCUT2D eigenvalue weighted by Crippen LogP contribution is 2.40. The molecule has 0 atom stereocenters. The first-order valence-electron chi connectivity index (χ1n) is 11.4. The van der Waals surface area contributed by atoms with E-state index in [0.29, 0.717) is 46.0 Å². The number of nitrogens with one attached hydrogen (secondary N) is 2. The van der Waals surface area contributed by atoms with E-state index in [4.69, 9.17) is 11.6 Å². The fourth-order valence-electron chi connectivity index (χ4n) is 4.17. The lowest BCUT2D eigenvalue weighted by molar-refractivity contribution is -0.115. The van der Waals surface area contributed by atoms with Crippen LogP contribution in [-0.4, -0.2) is 34.6 Å². The monoisotopic (exact) mass is 497 g/mol. The quantitative estimate of drug-likeness (QED) is 0.348. The standard InChI is InChI=1S/C25H20ClN9O/c26-18-3-4-34-14-31-20(21(34)6-18)7-24(36)33-23-8-22(29-13-30-23)28-10-19-12-35-11-17(15-1-2-15)5-16(9-27)25(35)32-19/h3-6,8,11-15H,1-2,7,10H2,(H2,28,29,30,33,36). The summed E-state index contributed by atoms with van der Waals surface area (Å²) in [5.41, 5.74) is 4.57. The van der Waals surface area contributed by atoms with E-state index in [1.807, 2.05) is 21.1 Å². The van der Waals surface area contributed by atoms with Gasteiger partial charge in [0, 0.05) is 29.7 Å².